The first kappa shape index (κ1) is 26.3. The first-order valence-electron chi connectivity index (χ1n) is 13.8. The molecule has 4 atom stereocenters. The monoisotopic (exact) mass is 542 g/mol. The Morgan fingerprint density at radius 2 is 2.00 bits per heavy atom. The number of ether oxygens (including phenoxy) is 1. The van der Waals surface area contributed by atoms with E-state index in [4.69, 9.17) is 4.74 Å². The zero-order valence-electron chi connectivity index (χ0n) is 21.8. The summed E-state index contributed by atoms with van der Waals surface area (Å²) in [5.41, 5.74) is 2.42. The lowest BCUT2D eigenvalue weighted by atomic mass is 9.88. The molecule has 7 nitrogen and oxygen atoms in total. The summed E-state index contributed by atoms with van der Waals surface area (Å²) in [5.74, 6) is -0.147. The molecule has 2 saturated heterocycles. The molecule has 1 aromatic heterocycles. The van der Waals surface area contributed by atoms with E-state index in [0.29, 0.717) is 37.1 Å². The van der Waals surface area contributed by atoms with Crippen LogP contribution in [-0.2, 0) is 28.5 Å². The molecule has 1 N–H and O–H groups in total. The summed E-state index contributed by atoms with van der Waals surface area (Å²) in [5, 5.41) is 3.20. The van der Waals surface area contributed by atoms with Crippen LogP contribution in [0.2, 0.25) is 0 Å². The number of carbonyl (C=O) groups excluding carboxylic acids is 2. The van der Waals surface area contributed by atoms with Gasteiger partial charge in [-0.2, -0.15) is 13.2 Å². The van der Waals surface area contributed by atoms with E-state index >= 15 is 0 Å². The van der Waals surface area contributed by atoms with Crippen LogP contribution in [-0.4, -0.2) is 78.1 Å². The summed E-state index contributed by atoms with van der Waals surface area (Å²) < 4.78 is 45.3. The van der Waals surface area contributed by atoms with E-state index in [-0.39, 0.29) is 30.0 Å². The highest BCUT2D eigenvalue weighted by Crippen LogP contribution is 2.39. The van der Waals surface area contributed by atoms with Gasteiger partial charge in [0.2, 0.25) is 5.91 Å². The lowest BCUT2D eigenvalue weighted by molar-refractivity contribution is -0.137. The molecule has 4 heterocycles. The van der Waals surface area contributed by atoms with E-state index in [2.05, 4.69) is 21.3 Å². The van der Waals surface area contributed by atoms with E-state index in [9.17, 15) is 22.8 Å². The summed E-state index contributed by atoms with van der Waals surface area (Å²) >= 11 is 0. The molecule has 1 aliphatic carbocycles. The molecule has 0 spiro atoms. The Balaban J connectivity index is 1.13. The van der Waals surface area contributed by atoms with Crippen LogP contribution in [0.5, 0.6) is 0 Å². The lowest BCUT2D eigenvalue weighted by Gasteiger charge is -2.30. The number of nitrogens with zero attached hydrogens (tertiary/aromatic N) is 3. The number of rotatable bonds is 6. The molecule has 4 aliphatic rings. The third kappa shape index (κ3) is 5.41. The molecule has 1 aromatic carbocycles. The van der Waals surface area contributed by atoms with Crippen molar-refractivity contribution in [2.75, 3.05) is 39.4 Å². The molecular formula is C29H33F3N4O3. The Kier molecular flexibility index (Phi) is 7.09. The van der Waals surface area contributed by atoms with Crippen molar-refractivity contribution in [2.45, 2.75) is 56.3 Å². The number of amides is 2. The summed E-state index contributed by atoms with van der Waals surface area (Å²) in [6.45, 7) is 3.19. The molecule has 3 unspecified atom stereocenters. The van der Waals surface area contributed by atoms with Crippen LogP contribution in [0.25, 0.3) is 0 Å². The van der Waals surface area contributed by atoms with Crippen LogP contribution in [0.4, 0.5) is 13.2 Å². The Hall–Kier alpha value is -2.98. The van der Waals surface area contributed by atoms with Gasteiger partial charge in [0, 0.05) is 56.3 Å². The number of carbonyl (C=O) groups is 2. The minimum absolute atomic E-state index is 0.0311. The molecule has 208 valence electrons. The molecule has 39 heavy (non-hydrogen) atoms. The van der Waals surface area contributed by atoms with Gasteiger partial charge in [0.25, 0.3) is 5.91 Å². The van der Waals surface area contributed by atoms with E-state index in [1.807, 2.05) is 12.4 Å². The van der Waals surface area contributed by atoms with Crippen LogP contribution in [0.1, 0.15) is 57.8 Å². The Morgan fingerprint density at radius 1 is 1.13 bits per heavy atom. The highest BCUT2D eigenvalue weighted by molar-refractivity contribution is 5.99. The number of nitrogens with one attached hydrogen (secondary N) is 1. The number of hydrogen-bond acceptors (Lipinski definition) is 5. The number of halogens is 3. The predicted octanol–water partition coefficient (Wildman–Crippen LogP) is 3.42. The number of likely N-dealkylation sites (tertiary alicyclic amines) is 1. The van der Waals surface area contributed by atoms with Crippen LogP contribution in [0.3, 0.4) is 0 Å². The van der Waals surface area contributed by atoms with Gasteiger partial charge >= 0.3 is 6.18 Å². The van der Waals surface area contributed by atoms with Crippen LogP contribution < -0.4 is 5.32 Å². The van der Waals surface area contributed by atoms with Gasteiger partial charge in [-0.05, 0) is 78.8 Å². The molecular weight excluding hydrogens is 509 g/mol. The quantitative estimate of drug-likeness (QED) is 0.606. The standard InChI is InChI=1S/C29H33F3N4O3/c30-29(31,32)22-4-3-19-6-9-35(28(38)24(19)12-22)16-27(37)34-26-15-36(23-7-10-39-17-23)14-21(26)11-20-2-1-18-5-8-33-13-25(18)20/h3-5,8,12-13,20-21,23,26H,1-2,6-7,9-11,14-17H2,(H,34,37)/t20?,21-,23?,26?/m0/s1. The van der Waals surface area contributed by atoms with E-state index < -0.39 is 17.6 Å². The fourth-order valence-corrected chi connectivity index (χ4v) is 6.82. The van der Waals surface area contributed by atoms with Gasteiger partial charge in [-0.3, -0.25) is 19.5 Å². The summed E-state index contributed by atoms with van der Waals surface area (Å²) in [4.78, 5) is 34.4. The first-order chi connectivity index (χ1) is 18.8. The molecule has 6 rings (SSSR count). The molecule has 2 aromatic rings. The third-order valence-electron chi connectivity index (χ3n) is 8.91. The summed E-state index contributed by atoms with van der Waals surface area (Å²) in [7, 11) is 0. The van der Waals surface area contributed by atoms with E-state index in [1.165, 1.54) is 22.1 Å². The van der Waals surface area contributed by atoms with Crippen molar-refractivity contribution in [3.05, 3.63) is 64.5 Å². The number of hydrogen-bond donors (Lipinski definition) is 1. The highest BCUT2D eigenvalue weighted by atomic mass is 19.4. The average Bonchev–Trinajstić information content (AvgIpc) is 3.66. The molecule has 3 aliphatic heterocycles. The number of benzene rings is 1. The summed E-state index contributed by atoms with van der Waals surface area (Å²) in [6.07, 6.45) is 3.75. The second-order valence-corrected chi connectivity index (χ2v) is 11.3. The lowest BCUT2D eigenvalue weighted by Crippen LogP contribution is -2.49. The van der Waals surface area contributed by atoms with Crippen molar-refractivity contribution in [3.8, 4) is 0 Å². The van der Waals surface area contributed by atoms with Gasteiger partial charge in [-0.15, -0.1) is 0 Å². The normalized spacial score (nSPS) is 27.1. The fraction of sp³-hybridized carbons (Fsp3) is 0.552. The van der Waals surface area contributed by atoms with Gasteiger partial charge in [0.15, 0.2) is 0 Å². The van der Waals surface area contributed by atoms with Gasteiger partial charge in [-0.25, -0.2) is 0 Å². The van der Waals surface area contributed by atoms with Crippen molar-refractivity contribution in [3.63, 3.8) is 0 Å². The second kappa shape index (κ2) is 10.5. The molecule has 0 bridgehead atoms. The van der Waals surface area contributed by atoms with Crippen molar-refractivity contribution in [1.82, 2.24) is 20.1 Å². The zero-order chi connectivity index (χ0) is 27.1. The molecule has 2 amide bonds. The van der Waals surface area contributed by atoms with Crippen molar-refractivity contribution < 1.29 is 27.5 Å². The summed E-state index contributed by atoms with van der Waals surface area (Å²) in [6, 6.07) is 5.66. The van der Waals surface area contributed by atoms with E-state index in [0.717, 1.165) is 57.5 Å². The highest BCUT2D eigenvalue weighted by Gasteiger charge is 2.40. The molecule has 0 saturated carbocycles. The van der Waals surface area contributed by atoms with Crippen molar-refractivity contribution in [1.29, 1.82) is 0 Å². The van der Waals surface area contributed by atoms with Crippen LogP contribution in [0.15, 0.2) is 36.7 Å². The maximum absolute atomic E-state index is 13.2. The Morgan fingerprint density at radius 3 is 2.79 bits per heavy atom. The van der Waals surface area contributed by atoms with Gasteiger partial charge in [-0.1, -0.05) is 6.07 Å². The maximum Gasteiger partial charge on any atom is 0.416 e. The first-order valence-corrected chi connectivity index (χ1v) is 13.8. The fourth-order valence-electron chi connectivity index (χ4n) is 6.82. The number of aryl methyl sites for hydroxylation is 1. The minimum Gasteiger partial charge on any atom is -0.380 e. The smallest absolute Gasteiger partial charge is 0.380 e. The second-order valence-electron chi connectivity index (χ2n) is 11.3. The Bertz CT molecular complexity index is 1250. The largest absolute Gasteiger partial charge is 0.416 e. The topological polar surface area (TPSA) is 74.8 Å². The molecule has 10 heteroatoms. The predicted molar refractivity (Wildman–Crippen MR) is 137 cm³/mol. The zero-order valence-corrected chi connectivity index (χ0v) is 21.8. The molecule has 2 fully saturated rings. The third-order valence-corrected chi connectivity index (χ3v) is 8.91. The SMILES string of the molecule is O=C(CN1CCc2ccc(C(F)(F)F)cc2C1=O)NC1CN(C2CCOC2)C[C@@H]1CC1CCc2ccncc21. The van der Waals surface area contributed by atoms with Gasteiger partial charge in [0.05, 0.1) is 18.7 Å². The molecule has 0 radical (unpaired) electrons. The van der Waals surface area contributed by atoms with Gasteiger partial charge < -0.3 is 15.0 Å². The maximum atomic E-state index is 13.2. The van der Waals surface area contributed by atoms with Crippen molar-refractivity contribution >= 4 is 11.8 Å². The Labute approximate surface area is 225 Å². The number of fused-ring (bicyclic) bond motifs is 2. The number of aromatic nitrogens is 1. The van der Waals surface area contributed by atoms with Gasteiger partial charge in [0.1, 0.15) is 0 Å². The van der Waals surface area contributed by atoms with Crippen LogP contribution >= 0.6 is 0 Å². The minimum atomic E-state index is -4.53. The van der Waals surface area contributed by atoms with Crippen molar-refractivity contribution in [2.24, 2.45) is 5.92 Å². The number of alkyl halides is 3. The van der Waals surface area contributed by atoms with Crippen LogP contribution in [0, 0.1) is 5.92 Å². The average molecular weight is 543 g/mol. The van der Waals surface area contributed by atoms with E-state index in [1.54, 1.807) is 0 Å². The number of pyridine rings is 1.